The Bertz CT molecular complexity index is 295. The quantitative estimate of drug-likeness (QED) is 0.586. The molecule has 3 nitrogen and oxygen atoms in total. The van der Waals surface area contributed by atoms with Crippen LogP contribution in [0.3, 0.4) is 0 Å². The smallest absolute Gasteiger partial charge is 0.314 e. The third-order valence-corrected chi connectivity index (χ3v) is 5.15. The average Bonchev–Trinajstić information content (AvgIpc) is 2.21. The van der Waals surface area contributed by atoms with Crippen molar-refractivity contribution in [1.29, 1.82) is 0 Å². The fourth-order valence-corrected chi connectivity index (χ4v) is 4.87. The molecule has 1 atom stereocenters. The summed E-state index contributed by atoms with van der Waals surface area (Å²) in [5.74, 6) is 1.19. The molecule has 1 N–H and O–H groups in total. The second-order valence-corrected chi connectivity index (χ2v) is 6.01. The van der Waals surface area contributed by atoms with Crippen LogP contribution < -0.4 is 0 Å². The molecule has 0 radical (unpaired) electrons. The number of carbonyl (C=O) groups excluding carboxylic acids is 1. The summed E-state index contributed by atoms with van der Waals surface area (Å²) < 4.78 is 0. The highest BCUT2D eigenvalue weighted by Gasteiger charge is 2.51. The van der Waals surface area contributed by atoms with Gasteiger partial charge in [-0.3, -0.25) is 4.79 Å². The van der Waals surface area contributed by atoms with Gasteiger partial charge in [-0.2, -0.15) is 0 Å². The number of carboxylic acids is 1. The molecule has 88 valence electrons. The third kappa shape index (κ3) is 1.40. The zero-order chi connectivity index (χ0) is 11.3. The Kier molecular flexibility index (Phi) is 2.30. The van der Waals surface area contributed by atoms with Gasteiger partial charge < -0.3 is 9.90 Å². The van der Waals surface area contributed by atoms with Crippen molar-refractivity contribution in [1.82, 2.24) is 0 Å². The van der Waals surface area contributed by atoms with Gasteiger partial charge in [-0.05, 0) is 61.7 Å². The maximum absolute atomic E-state index is 11.1. The van der Waals surface area contributed by atoms with Gasteiger partial charge in [-0.15, -0.1) is 0 Å². The molecule has 0 aromatic carbocycles. The first-order chi connectivity index (χ1) is 7.69. The number of carboxylic acid groups (broad SMARTS) is 1. The van der Waals surface area contributed by atoms with Gasteiger partial charge in [-0.1, -0.05) is 0 Å². The summed E-state index contributed by atoms with van der Waals surface area (Å²) in [7, 11) is 0. The molecule has 4 saturated carbocycles. The Morgan fingerprint density at radius 1 is 1.06 bits per heavy atom. The van der Waals surface area contributed by atoms with Crippen LogP contribution >= 0.6 is 0 Å². The van der Waals surface area contributed by atoms with Crippen LogP contribution in [0.2, 0.25) is 0 Å². The van der Waals surface area contributed by atoms with E-state index in [2.05, 4.69) is 0 Å². The van der Waals surface area contributed by atoms with Gasteiger partial charge in [0.15, 0.2) is 0 Å². The normalized spacial score (nSPS) is 46.6. The Hall–Kier alpha value is -0.860. The predicted octanol–water partition coefficient (Wildman–Crippen LogP) is 1.96. The van der Waals surface area contributed by atoms with E-state index in [0.29, 0.717) is 18.1 Å². The topological polar surface area (TPSA) is 54.4 Å². The van der Waals surface area contributed by atoms with Crippen LogP contribution in [-0.2, 0) is 9.59 Å². The van der Waals surface area contributed by atoms with Crippen LogP contribution in [0.15, 0.2) is 0 Å². The minimum Gasteiger partial charge on any atom is -0.481 e. The van der Waals surface area contributed by atoms with E-state index in [1.165, 1.54) is 32.1 Å². The summed E-state index contributed by atoms with van der Waals surface area (Å²) in [5, 5.41) is 9.13. The molecule has 0 aliphatic heterocycles. The summed E-state index contributed by atoms with van der Waals surface area (Å²) in [4.78, 5) is 22.1. The van der Waals surface area contributed by atoms with Gasteiger partial charge in [0, 0.05) is 0 Å². The first-order valence-electron chi connectivity index (χ1n) is 6.37. The SMILES string of the molecule is O=CC(C(=O)O)C1C2CC3CC(C2)CC1C3. The number of hydrogen-bond donors (Lipinski definition) is 1. The molecule has 0 heterocycles. The largest absolute Gasteiger partial charge is 0.481 e. The highest BCUT2D eigenvalue weighted by molar-refractivity contribution is 5.86. The Morgan fingerprint density at radius 2 is 1.56 bits per heavy atom. The highest BCUT2D eigenvalue weighted by atomic mass is 16.4. The summed E-state index contributed by atoms with van der Waals surface area (Å²) in [5.41, 5.74) is 0. The molecule has 0 amide bonds. The summed E-state index contributed by atoms with van der Waals surface area (Å²) in [6.45, 7) is 0. The molecular formula is C13H18O3. The van der Waals surface area contributed by atoms with Gasteiger partial charge in [0.05, 0.1) is 0 Å². The Balaban J connectivity index is 1.85. The molecule has 4 aliphatic carbocycles. The van der Waals surface area contributed by atoms with Crippen LogP contribution in [0, 0.1) is 35.5 Å². The van der Waals surface area contributed by atoms with E-state index in [1.807, 2.05) is 0 Å². The number of carbonyl (C=O) groups is 2. The standard InChI is InChI=1S/C13H18O3/c14-6-11(13(15)16)12-9-2-7-1-8(4-9)5-10(12)3-7/h6-12H,1-5H2,(H,15,16). The van der Waals surface area contributed by atoms with Crippen molar-refractivity contribution in [3.8, 4) is 0 Å². The van der Waals surface area contributed by atoms with Crippen LogP contribution in [0.1, 0.15) is 32.1 Å². The lowest BCUT2D eigenvalue weighted by Gasteiger charge is -2.55. The van der Waals surface area contributed by atoms with Crippen molar-refractivity contribution in [2.24, 2.45) is 35.5 Å². The second-order valence-electron chi connectivity index (χ2n) is 6.01. The fourth-order valence-electron chi connectivity index (χ4n) is 4.87. The zero-order valence-corrected chi connectivity index (χ0v) is 9.34. The van der Waals surface area contributed by atoms with E-state index in [9.17, 15) is 9.59 Å². The van der Waals surface area contributed by atoms with Gasteiger partial charge in [0.25, 0.3) is 0 Å². The fraction of sp³-hybridized carbons (Fsp3) is 0.846. The third-order valence-electron chi connectivity index (χ3n) is 5.15. The number of hydrogen-bond acceptors (Lipinski definition) is 2. The number of aliphatic carboxylic acids is 1. The van der Waals surface area contributed by atoms with Crippen molar-refractivity contribution in [2.75, 3.05) is 0 Å². The van der Waals surface area contributed by atoms with Crippen LogP contribution in [-0.4, -0.2) is 17.4 Å². The molecule has 1 unspecified atom stereocenters. The van der Waals surface area contributed by atoms with E-state index in [-0.39, 0.29) is 5.92 Å². The van der Waals surface area contributed by atoms with Crippen molar-refractivity contribution < 1.29 is 14.7 Å². The van der Waals surface area contributed by atoms with Crippen molar-refractivity contribution in [3.63, 3.8) is 0 Å². The lowest BCUT2D eigenvalue weighted by molar-refractivity contribution is -0.153. The van der Waals surface area contributed by atoms with Crippen LogP contribution in [0.25, 0.3) is 0 Å². The molecule has 0 aromatic rings. The van der Waals surface area contributed by atoms with Crippen LogP contribution in [0.5, 0.6) is 0 Å². The molecule has 4 fully saturated rings. The minimum absolute atomic E-state index is 0.141. The summed E-state index contributed by atoms with van der Waals surface area (Å²) >= 11 is 0. The summed E-state index contributed by atoms with van der Waals surface area (Å²) in [6.07, 6.45) is 6.74. The average molecular weight is 222 g/mol. The lowest BCUT2D eigenvalue weighted by atomic mass is 9.50. The van der Waals surface area contributed by atoms with E-state index in [0.717, 1.165) is 11.8 Å². The Morgan fingerprint density at radius 3 is 1.94 bits per heavy atom. The molecule has 4 rings (SSSR count). The van der Waals surface area contributed by atoms with Crippen molar-refractivity contribution >= 4 is 12.3 Å². The van der Waals surface area contributed by atoms with Gasteiger partial charge in [-0.25, -0.2) is 0 Å². The molecule has 0 saturated heterocycles. The first-order valence-corrected chi connectivity index (χ1v) is 6.37. The van der Waals surface area contributed by atoms with E-state index in [1.54, 1.807) is 0 Å². The monoisotopic (exact) mass is 222 g/mol. The maximum atomic E-state index is 11.1. The van der Waals surface area contributed by atoms with Crippen molar-refractivity contribution in [3.05, 3.63) is 0 Å². The molecular weight excluding hydrogens is 204 g/mol. The maximum Gasteiger partial charge on any atom is 0.314 e. The Labute approximate surface area is 95.2 Å². The second kappa shape index (κ2) is 3.57. The van der Waals surface area contributed by atoms with Gasteiger partial charge in [0.1, 0.15) is 12.2 Å². The first kappa shape index (κ1) is 10.3. The molecule has 0 spiro atoms. The molecule has 0 aromatic heterocycles. The lowest BCUT2D eigenvalue weighted by Crippen LogP contribution is -2.49. The highest BCUT2D eigenvalue weighted by Crippen LogP contribution is 2.58. The predicted molar refractivity (Wildman–Crippen MR) is 57.7 cm³/mol. The van der Waals surface area contributed by atoms with E-state index >= 15 is 0 Å². The van der Waals surface area contributed by atoms with Gasteiger partial charge >= 0.3 is 5.97 Å². The van der Waals surface area contributed by atoms with E-state index in [4.69, 9.17) is 5.11 Å². The van der Waals surface area contributed by atoms with Crippen molar-refractivity contribution in [2.45, 2.75) is 32.1 Å². The number of rotatable bonds is 3. The molecule has 16 heavy (non-hydrogen) atoms. The van der Waals surface area contributed by atoms with E-state index < -0.39 is 11.9 Å². The van der Waals surface area contributed by atoms with Gasteiger partial charge in [0.2, 0.25) is 0 Å². The molecule has 4 bridgehead atoms. The van der Waals surface area contributed by atoms with Crippen LogP contribution in [0.4, 0.5) is 0 Å². The zero-order valence-electron chi connectivity index (χ0n) is 9.34. The number of aldehydes is 1. The minimum atomic E-state index is -0.910. The molecule has 3 heteroatoms. The molecule has 4 aliphatic rings. The summed E-state index contributed by atoms with van der Waals surface area (Å²) in [6, 6.07) is 0.